The summed E-state index contributed by atoms with van der Waals surface area (Å²) >= 11 is 1.81. The van der Waals surface area contributed by atoms with Crippen molar-refractivity contribution in [1.82, 2.24) is 19.4 Å². The first-order chi connectivity index (χ1) is 15.1. The van der Waals surface area contributed by atoms with E-state index in [1.165, 1.54) is 10.4 Å². The van der Waals surface area contributed by atoms with E-state index in [2.05, 4.69) is 16.0 Å². The molecule has 2 aliphatic heterocycles. The molecule has 0 atom stereocenters. The Morgan fingerprint density at radius 3 is 2.81 bits per heavy atom. The second-order valence-corrected chi connectivity index (χ2v) is 9.24. The van der Waals surface area contributed by atoms with Gasteiger partial charge in [-0.25, -0.2) is 4.98 Å². The number of aryl methyl sites for hydroxylation is 1. The van der Waals surface area contributed by atoms with Gasteiger partial charge in [0.2, 0.25) is 5.91 Å². The number of piperidine rings is 1. The van der Waals surface area contributed by atoms with Crippen LogP contribution in [0.4, 0.5) is 0 Å². The normalized spacial score (nSPS) is 17.5. The molecule has 1 saturated heterocycles. The number of imidazole rings is 1. The molecule has 31 heavy (non-hydrogen) atoms. The lowest BCUT2D eigenvalue weighted by molar-refractivity contribution is -0.141. The number of amides is 1. The summed E-state index contributed by atoms with van der Waals surface area (Å²) in [5.41, 5.74) is 1.95. The van der Waals surface area contributed by atoms with Gasteiger partial charge in [-0.2, -0.15) is 0 Å². The summed E-state index contributed by atoms with van der Waals surface area (Å²) < 4.78 is 13.5. The summed E-state index contributed by atoms with van der Waals surface area (Å²) in [5, 5.41) is 0. The molecule has 1 spiro atoms. The van der Waals surface area contributed by atoms with Gasteiger partial charge in [0.25, 0.3) is 0 Å². The van der Waals surface area contributed by atoms with Gasteiger partial charge in [0.05, 0.1) is 36.1 Å². The molecule has 5 rings (SSSR count). The van der Waals surface area contributed by atoms with Crippen LogP contribution in [0.25, 0.3) is 10.6 Å². The third-order valence-electron chi connectivity index (χ3n) is 6.38. The van der Waals surface area contributed by atoms with Gasteiger partial charge in [0.15, 0.2) is 0 Å². The lowest BCUT2D eigenvalue weighted by Gasteiger charge is -2.44. The Kier molecular flexibility index (Phi) is 5.27. The van der Waals surface area contributed by atoms with Gasteiger partial charge in [0, 0.05) is 36.8 Å². The maximum absolute atomic E-state index is 12.8. The summed E-state index contributed by atoms with van der Waals surface area (Å²) in [7, 11) is 1.65. The minimum absolute atomic E-state index is 0.139. The molecule has 3 aromatic rings. The molecule has 3 aromatic heterocycles. The Morgan fingerprint density at radius 2 is 2.13 bits per heavy atom. The lowest BCUT2D eigenvalue weighted by atomic mass is 9.82. The molecule has 8 heteroatoms. The van der Waals surface area contributed by atoms with Crippen LogP contribution in [0.15, 0.2) is 36.8 Å². The number of carbonyl (C=O) groups is 1. The van der Waals surface area contributed by atoms with Crippen LogP contribution in [0.1, 0.15) is 29.1 Å². The van der Waals surface area contributed by atoms with Crippen LogP contribution in [0, 0.1) is 6.92 Å². The first kappa shape index (κ1) is 20.2. The summed E-state index contributed by atoms with van der Waals surface area (Å²) in [6, 6.07) is 6.20. The minimum atomic E-state index is -0.295. The second kappa shape index (κ2) is 8.09. The largest absolute Gasteiger partial charge is 0.495 e. The molecule has 5 heterocycles. The average Bonchev–Trinajstić information content (AvgIpc) is 3.42. The van der Waals surface area contributed by atoms with E-state index in [1.807, 2.05) is 34.7 Å². The Hall–Kier alpha value is -2.71. The van der Waals surface area contributed by atoms with Crippen molar-refractivity contribution < 1.29 is 14.3 Å². The predicted molar refractivity (Wildman–Crippen MR) is 118 cm³/mol. The molecule has 162 valence electrons. The zero-order valence-corrected chi connectivity index (χ0v) is 18.7. The van der Waals surface area contributed by atoms with E-state index in [1.54, 1.807) is 30.8 Å². The number of ether oxygens (including phenoxy) is 2. The molecule has 0 unspecified atom stereocenters. The van der Waals surface area contributed by atoms with Crippen molar-refractivity contribution in [1.29, 1.82) is 0 Å². The van der Waals surface area contributed by atoms with Crippen molar-refractivity contribution in [3.05, 3.63) is 53.1 Å². The smallest absolute Gasteiger partial charge is 0.242 e. The molecule has 0 N–H and O–H groups in total. The number of hydrogen-bond acceptors (Lipinski definition) is 6. The third-order valence-corrected chi connectivity index (χ3v) is 7.60. The first-order valence-electron chi connectivity index (χ1n) is 10.6. The number of rotatable bonds is 4. The van der Waals surface area contributed by atoms with Crippen molar-refractivity contribution in [3.8, 4) is 16.3 Å². The fraction of sp³-hybridized carbons (Fsp3) is 0.435. The second-order valence-electron chi connectivity index (χ2n) is 8.11. The monoisotopic (exact) mass is 438 g/mol. The zero-order chi connectivity index (χ0) is 21.4. The highest BCUT2D eigenvalue weighted by atomic mass is 32.1. The summed E-state index contributed by atoms with van der Waals surface area (Å²) in [5.74, 6) is 1.76. The number of nitrogens with zero attached hydrogens (tertiary/aromatic N) is 4. The number of carbonyl (C=O) groups excluding carboxylic acids is 1. The van der Waals surface area contributed by atoms with Crippen LogP contribution in [-0.4, -0.2) is 52.1 Å². The number of fused-ring (bicyclic) bond motifs is 2. The molecular weight excluding hydrogens is 412 g/mol. The van der Waals surface area contributed by atoms with Crippen molar-refractivity contribution in [2.45, 2.75) is 38.3 Å². The van der Waals surface area contributed by atoms with Gasteiger partial charge in [-0.1, -0.05) is 0 Å². The topological polar surface area (TPSA) is 69.5 Å². The lowest BCUT2D eigenvalue weighted by Crippen LogP contribution is -2.48. The van der Waals surface area contributed by atoms with E-state index in [4.69, 9.17) is 9.47 Å². The zero-order valence-electron chi connectivity index (χ0n) is 17.8. The quantitative estimate of drug-likeness (QED) is 0.624. The average molecular weight is 439 g/mol. The highest BCUT2D eigenvalue weighted by molar-refractivity contribution is 7.15. The molecule has 7 nitrogen and oxygen atoms in total. The fourth-order valence-electron chi connectivity index (χ4n) is 4.54. The molecule has 2 aliphatic rings. The van der Waals surface area contributed by atoms with Gasteiger partial charge >= 0.3 is 0 Å². The minimum Gasteiger partial charge on any atom is -0.495 e. The van der Waals surface area contributed by atoms with Crippen LogP contribution >= 0.6 is 11.3 Å². The number of hydrogen-bond donors (Lipinski definition) is 0. The highest BCUT2D eigenvalue weighted by Crippen LogP contribution is 2.46. The first-order valence-corrected chi connectivity index (χ1v) is 11.4. The van der Waals surface area contributed by atoms with Crippen molar-refractivity contribution in [2.75, 3.05) is 26.8 Å². The highest BCUT2D eigenvalue weighted by Gasteiger charge is 2.42. The number of methoxy groups -OCH3 is 1. The molecule has 0 radical (unpaired) electrons. The molecule has 0 aliphatic carbocycles. The van der Waals surface area contributed by atoms with Gasteiger partial charge in [-0.15, -0.1) is 11.3 Å². The van der Waals surface area contributed by atoms with E-state index in [-0.39, 0.29) is 11.5 Å². The van der Waals surface area contributed by atoms with E-state index >= 15 is 0 Å². The summed E-state index contributed by atoms with van der Waals surface area (Å²) in [4.78, 5) is 26.1. The van der Waals surface area contributed by atoms with Gasteiger partial charge < -0.3 is 18.9 Å². The van der Waals surface area contributed by atoms with Gasteiger partial charge in [-0.3, -0.25) is 9.78 Å². The van der Waals surface area contributed by atoms with E-state index < -0.39 is 0 Å². The maximum Gasteiger partial charge on any atom is 0.242 e. The van der Waals surface area contributed by atoms with E-state index in [0.29, 0.717) is 19.6 Å². The maximum atomic E-state index is 12.8. The molecular formula is C23H26N4O3S. The Balaban J connectivity index is 1.32. The Labute approximate surface area is 185 Å². The predicted octanol–water partition coefficient (Wildman–Crippen LogP) is 3.41. The van der Waals surface area contributed by atoms with Crippen molar-refractivity contribution >= 4 is 17.2 Å². The third kappa shape index (κ3) is 3.74. The van der Waals surface area contributed by atoms with Crippen molar-refractivity contribution in [3.63, 3.8) is 0 Å². The number of pyridine rings is 1. The molecule has 0 saturated carbocycles. The number of aromatic nitrogens is 3. The Morgan fingerprint density at radius 1 is 1.29 bits per heavy atom. The molecule has 1 fully saturated rings. The van der Waals surface area contributed by atoms with Crippen LogP contribution in [0.3, 0.4) is 0 Å². The molecule has 1 amide bonds. The molecule has 0 aromatic carbocycles. The van der Waals surface area contributed by atoms with Gasteiger partial charge in [-0.05, 0) is 43.5 Å². The summed E-state index contributed by atoms with van der Waals surface area (Å²) in [6.45, 7) is 4.40. The van der Waals surface area contributed by atoms with Crippen LogP contribution < -0.4 is 4.74 Å². The SMILES string of the molecule is COc1ccc(-c2cc3c(s2)CCOC32CCN(C(=O)Cn3ccnc3C)CC2)nc1. The van der Waals surface area contributed by atoms with E-state index in [9.17, 15) is 4.79 Å². The van der Waals surface area contributed by atoms with Crippen LogP contribution in [0.2, 0.25) is 0 Å². The van der Waals surface area contributed by atoms with Crippen LogP contribution in [-0.2, 0) is 28.1 Å². The van der Waals surface area contributed by atoms with Gasteiger partial charge in [0.1, 0.15) is 18.1 Å². The standard InChI is InChI=1S/C23H26N4O3S/c1-16-24-8-11-27(16)15-22(28)26-9-6-23(7-10-26)18-13-21(31-20(18)5-12-30-23)19-4-3-17(29-2)14-25-19/h3-4,8,11,13-14H,5-7,9-10,12,15H2,1-2H3. The number of likely N-dealkylation sites (tertiary alicyclic amines) is 1. The molecule has 0 bridgehead atoms. The number of thiophene rings is 1. The van der Waals surface area contributed by atoms with Crippen molar-refractivity contribution in [2.24, 2.45) is 0 Å². The summed E-state index contributed by atoms with van der Waals surface area (Å²) in [6.07, 6.45) is 7.92. The van der Waals surface area contributed by atoms with E-state index in [0.717, 1.165) is 48.0 Å². The van der Waals surface area contributed by atoms with Crippen LogP contribution in [0.5, 0.6) is 5.75 Å². The fourth-order valence-corrected chi connectivity index (χ4v) is 5.75. The Bertz CT molecular complexity index is 1080.